The number of benzene rings is 2. The normalized spacial score (nSPS) is 11.0. The van der Waals surface area contributed by atoms with E-state index in [0.717, 1.165) is 11.8 Å². The van der Waals surface area contributed by atoms with Gasteiger partial charge in [-0.25, -0.2) is 9.07 Å². The zero-order chi connectivity index (χ0) is 22.8. The first kappa shape index (κ1) is 21.6. The molecule has 32 heavy (non-hydrogen) atoms. The molecule has 2 heterocycles. The number of nitrogens with one attached hydrogen (secondary N) is 1. The Hall–Kier alpha value is -3.66. The smallest absolute Gasteiger partial charge is 0.295 e. The van der Waals surface area contributed by atoms with Gasteiger partial charge in [0.25, 0.3) is 5.56 Å². The first-order chi connectivity index (χ1) is 15.4. The summed E-state index contributed by atoms with van der Waals surface area (Å²) in [5.41, 5.74) is 1.60. The van der Waals surface area contributed by atoms with Crippen LogP contribution in [0.2, 0.25) is 0 Å². The van der Waals surface area contributed by atoms with Crippen LogP contribution in [-0.2, 0) is 18.9 Å². The van der Waals surface area contributed by atoms with E-state index in [9.17, 15) is 14.0 Å². The van der Waals surface area contributed by atoms with Crippen LogP contribution in [0.25, 0.3) is 17.1 Å². The Morgan fingerprint density at radius 2 is 1.75 bits per heavy atom. The maximum absolute atomic E-state index is 14.1. The van der Waals surface area contributed by atoms with E-state index in [1.54, 1.807) is 48.5 Å². The third kappa shape index (κ3) is 3.96. The lowest BCUT2D eigenvalue weighted by atomic mass is 10.2. The van der Waals surface area contributed by atoms with Gasteiger partial charge in [0.1, 0.15) is 11.5 Å². The minimum atomic E-state index is -0.397. The SMILES string of the molecule is Cc1c(NC(=O)CSc2nnc(-c3ccccc3F)n2C)c(=O)n(-c2ccccc2)n1C. The van der Waals surface area contributed by atoms with Crippen LogP contribution in [0.15, 0.2) is 64.5 Å². The third-order valence-corrected chi connectivity index (χ3v) is 6.12. The summed E-state index contributed by atoms with van der Waals surface area (Å²) in [5.74, 6) is -0.360. The number of nitrogens with zero attached hydrogens (tertiary/aromatic N) is 5. The molecule has 8 nitrogen and oxygen atoms in total. The average Bonchev–Trinajstić information content (AvgIpc) is 3.25. The van der Waals surface area contributed by atoms with Crippen LogP contribution in [0.5, 0.6) is 0 Å². The highest BCUT2D eigenvalue weighted by Gasteiger charge is 2.19. The van der Waals surface area contributed by atoms with Crippen LogP contribution in [-0.4, -0.2) is 35.8 Å². The predicted octanol–water partition coefficient (Wildman–Crippen LogP) is 3.15. The van der Waals surface area contributed by atoms with Crippen molar-refractivity contribution in [3.05, 3.63) is 76.5 Å². The largest absolute Gasteiger partial charge is 0.319 e. The second kappa shape index (κ2) is 8.83. The van der Waals surface area contributed by atoms with E-state index in [2.05, 4.69) is 15.5 Å². The molecule has 2 aromatic heterocycles. The van der Waals surface area contributed by atoms with Gasteiger partial charge in [-0.1, -0.05) is 42.1 Å². The molecule has 0 atom stereocenters. The van der Waals surface area contributed by atoms with Gasteiger partial charge in [0.15, 0.2) is 11.0 Å². The Balaban J connectivity index is 1.49. The zero-order valence-corrected chi connectivity index (χ0v) is 18.6. The molecule has 0 aliphatic carbocycles. The number of hydrogen-bond donors (Lipinski definition) is 1. The van der Waals surface area contributed by atoms with Gasteiger partial charge in [-0.3, -0.25) is 14.3 Å². The van der Waals surface area contributed by atoms with Crippen molar-refractivity contribution >= 4 is 23.4 Å². The molecule has 164 valence electrons. The van der Waals surface area contributed by atoms with Gasteiger partial charge in [0.05, 0.1) is 22.7 Å². The van der Waals surface area contributed by atoms with Crippen LogP contribution >= 0.6 is 11.8 Å². The molecule has 0 radical (unpaired) electrons. The number of carbonyl (C=O) groups excluding carboxylic acids is 1. The van der Waals surface area contributed by atoms with Crippen molar-refractivity contribution in [2.45, 2.75) is 12.1 Å². The Labute approximate surface area is 187 Å². The molecule has 0 unspecified atom stereocenters. The second-order valence-corrected chi connectivity index (χ2v) is 8.06. The lowest BCUT2D eigenvalue weighted by molar-refractivity contribution is -0.113. The summed E-state index contributed by atoms with van der Waals surface area (Å²) in [6, 6.07) is 15.5. The number of halogens is 1. The lowest BCUT2D eigenvalue weighted by Gasteiger charge is -2.07. The fourth-order valence-electron chi connectivity index (χ4n) is 3.34. The summed E-state index contributed by atoms with van der Waals surface area (Å²) in [6.45, 7) is 1.77. The highest BCUT2D eigenvalue weighted by Crippen LogP contribution is 2.24. The summed E-state index contributed by atoms with van der Waals surface area (Å²) < 4.78 is 18.9. The highest BCUT2D eigenvalue weighted by atomic mass is 32.2. The van der Waals surface area contributed by atoms with E-state index in [4.69, 9.17) is 0 Å². The van der Waals surface area contributed by atoms with Crippen molar-refractivity contribution in [2.24, 2.45) is 14.1 Å². The van der Waals surface area contributed by atoms with Crippen LogP contribution in [0.1, 0.15) is 5.69 Å². The minimum Gasteiger partial charge on any atom is -0.319 e. The van der Waals surface area contributed by atoms with Crippen LogP contribution < -0.4 is 10.9 Å². The monoisotopic (exact) mass is 452 g/mol. The number of hydrogen-bond acceptors (Lipinski definition) is 5. The van der Waals surface area contributed by atoms with E-state index in [-0.39, 0.29) is 22.9 Å². The van der Waals surface area contributed by atoms with E-state index >= 15 is 0 Å². The molecule has 4 rings (SSSR count). The summed E-state index contributed by atoms with van der Waals surface area (Å²) >= 11 is 1.15. The Bertz CT molecular complexity index is 1340. The lowest BCUT2D eigenvalue weighted by Crippen LogP contribution is -2.23. The highest BCUT2D eigenvalue weighted by molar-refractivity contribution is 7.99. The molecule has 2 aromatic carbocycles. The van der Waals surface area contributed by atoms with Crippen molar-refractivity contribution in [3.63, 3.8) is 0 Å². The first-order valence-corrected chi connectivity index (χ1v) is 10.8. The fourth-order valence-corrected chi connectivity index (χ4v) is 4.05. The van der Waals surface area contributed by atoms with Crippen LogP contribution in [0, 0.1) is 12.7 Å². The number of aromatic nitrogens is 5. The molecular formula is C22H21FN6O2S. The molecule has 0 fully saturated rings. The molecule has 0 aliphatic heterocycles. The molecule has 4 aromatic rings. The quantitative estimate of drug-likeness (QED) is 0.454. The maximum atomic E-state index is 14.1. The van der Waals surface area contributed by atoms with Gasteiger partial charge in [0.2, 0.25) is 5.91 Å². The topological polar surface area (TPSA) is 86.7 Å². The molecule has 0 aliphatic rings. The van der Waals surface area contributed by atoms with E-state index in [1.807, 2.05) is 30.3 Å². The van der Waals surface area contributed by atoms with E-state index in [1.165, 1.54) is 10.7 Å². The summed E-state index contributed by atoms with van der Waals surface area (Å²) in [4.78, 5) is 25.5. The third-order valence-electron chi connectivity index (χ3n) is 5.10. The van der Waals surface area contributed by atoms with Crippen LogP contribution in [0.3, 0.4) is 0 Å². The van der Waals surface area contributed by atoms with Gasteiger partial charge in [-0.15, -0.1) is 10.2 Å². The van der Waals surface area contributed by atoms with Gasteiger partial charge in [0, 0.05) is 14.1 Å². The number of carbonyl (C=O) groups is 1. The standard InChI is InChI=1S/C22H21FN6O2S/c1-14-19(21(31)29(28(14)3)15-9-5-4-6-10-15)24-18(30)13-32-22-26-25-20(27(22)2)16-11-7-8-12-17(16)23/h4-12H,13H2,1-3H3,(H,24,30). The summed E-state index contributed by atoms with van der Waals surface area (Å²) in [7, 11) is 3.47. The number of para-hydroxylation sites is 1. The number of rotatable bonds is 6. The number of anilines is 1. The molecule has 0 spiro atoms. The zero-order valence-electron chi connectivity index (χ0n) is 17.7. The second-order valence-electron chi connectivity index (χ2n) is 7.12. The van der Waals surface area contributed by atoms with Gasteiger partial charge in [-0.05, 0) is 31.2 Å². The minimum absolute atomic E-state index is 0.0162. The first-order valence-electron chi connectivity index (χ1n) is 9.79. The summed E-state index contributed by atoms with van der Waals surface area (Å²) in [5, 5.41) is 11.3. The van der Waals surface area contributed by atoms with Gasteiger partial charge < -0.3 is 9.88 Å². The van der Waals surface area contributed by atoms with Crippen LogP contribution in [0.4, 0.5) is 10.1 Å². The average molecular weight is 453 g/mol. The number of amides is 1. The van der Waals surface area contributed by atoms with Crippen molar-refractivity contribution in [2.75, 3.05) is 11.1 Å². The Kier molecular flexibility index (Phi) is 5.95. The van der Waals surface area contributed by atoms with E-state index in [0.29, 0.717) is 27.9 Å². The number of thioether (sulfide) groups is 1. The summed E-state index contributed by atoms with van der Waals surface area (Å²) in [6.07, 6.45) is 0. The molecule has 1 amide bonds. The predicted molar refractivity (Wildman–Crippen MR) is 121 cm³/mol. The van der Waals surface area contributed by atoms with Crippen molar-refractivity contribution in [3.8, 4) is 17.1 Å². The molecule has 10 heteroatoms. The molecule has 0 saturated heterocycles. The van der Waals surface area contributed by atoms with Gasteiger partial charge >= 0.3 is 0 Å². The van der Waals surface area contributed by atoms with Gasteiger partial charge in [-0.2, -0.15) is 0 Å². The molecule has 0 bridgehead atoms. The Morgan fingerprint density at radius 1 is 1.06 bits per heavy atom. The maximum Gasteiger partial charge on any atom is 0.295 e. The Morgan fingerprint density at radius 3 is 2.47 bits per heavy atom. The fraction of sp³-hybridized carbons (Fsp3) is 0.182. The van der Waals surface area contributed by atoms with Crippen molar-refractivity contribution in [1.82, 2.24) is 24.1 Å². The molecular weight excluding hydrogens is 431 g/mol. The van der Waals surface area contributed by atoms with E-state index < -0.39 is 5.82 Å². The molecule has 0 saturated carbocycles. The molecule has 1 N–H and O–H groups in total. The van der Waals surface area contributed by atoms with Crippen molar-refractivity contribution < 1.29 is 9.18 Å². The van der Waals surface area contributed by atoms with Crippen molar-refractivity contribution in [1.29, 1.82) is 0 Å².